The largest absolute Gasteiger partial charge is 0.302 e. The van der Waals surface area contributed by atoms with Gasteiger partial charge in [0.1, 0.15) is 0 Å². The van der Waals surface area contributed by atoms with Gasteiger partial charge in [0.05, 0.1) is 11.3 Å². The molecule has 1 aromatic rings. The highest BCUT2D eigenvalue weighted by Gasteiger charge is 2.36. The number of amides is 1. The highest BCUT2D eigenvalue weighted by atomic mass is 35.5. The van der Waals surface area contributed by atoms with E-state index >= 15 is 0 Å². The Kier molecular flexibility index (Phi) is 3.15. The molecular formula is C11H12ClNO2. The minimum absolute atomic E-state index is 0. The maximum Gasteiger partial charge on any atom is 0.299 e. The van der Waals surface area contributed by atoms with Crippen LogP contribution in [0.1, 0.15) is 24.2 Å². The Morgan fingerprint density at radius 1 is 1.13 bits per heavy atom. The summed E-state index contributed by atoms with van der Waals surface area (Å²) in [6, 6.07) is 7.12. The third-order valence-corrected chi connectivity index (χ3v) is 2.34. The number of ketones is 1. The number of carbonyl (C=O) groups excluding carboxylic acids is 2. The molecule has 1 aromatic carbocycles. The topological polar surface area (TPSA) is 37.4 Å². The standard InChI is InChI=1S/C11H11NO2.ClH/c1-7(2)12-9-6-4-3-5-8(9)10(13)11(12)14;/h3-7H,1-2H3;1H. The summed E-state index contributed by atoms with van der Waals surface area (Å²) < 4.78 is 0. The number of hydrogen-bond acceptors (Lipinski definition) is 2. The van der Waals surface area contributed by atoms with Gasteiger partial charge in [-0.1, -0.05) is 12.1 Å². The van der Waals surface area contributed by atoms with Gasteiger partial charge in [-0.2, -0.15) is 0 Å². The van der Waals surface area contributed by atoms with Crippen LogP contribution < -0.4 is 4.90 Å². The Balaban J connectivity index is 0.00000112. The highest BCUT2D eigenvalue weighted by molar-refractivity contribution is 6.52. The maximum atomic E-state index is 11.6. The van der Waals surface area contributed by atoms with Crippen molar-refractivity contribution in [2.24, 2.45) is 0 Å². The molecule has 0 saturated heterocycles. The zero-order chi connectivity index (χ0) is 10.3. The smallest absolute Gasteiger partial charge is 0.299 e. The molecule has 4 heteroatoms. The lowest BCUT2D eigenvalue weighted by Gasteiger charge is -2.20. The molecule has 0 unspecified atom stereocenters. The molecule has 2 rings (SSSR count). The molecule has 0 N–H and O–H groups in total. The van der Waals surface area contributed by atoms with Crippen molar-refractivity contribution in [2.75, 3.05) is 4.90 Å². The normalized spacial score (nSPS) is 14.2. The zero-order valence-corrected chi connectivity index (χ0v) is 9.38. The van der Waals surface area contributed by atoms with E-state index in [-0.39, 0.29) is 18.4 Å². The lowest BCUT2D eigenvalue weighted by Crippen LogP contribution is -2.35. The Morgan fingerprint density at radius 2 is 1.73 bits per heavy atom. The SMILES string of the molecule is CC(C)N1C(=O)C(=O)c2ccccc21.Cl. The molecule has 1 heterocycles. The molecule has 0 aromatic heterocycles. The monoisotopic (exact) mass is 225 g/mol. The fourth-order valence-corrected chi connectivity index (χ4v) is 1.72. The average molecular weight is 226 g/mol. The van der Waals surface area contributed by atoms with Crippen LogP contribution in [0, 0.1) is 0 Å². The van der Waals surface area contributed by atoms with Gasteiger partial charge in [-0.25, -0.2) is 0 Å². The van der Waals surface area contributed by atoms with Crippen LogP contribution in [0.4, 0.5) is 5.69 Å². The number of benzene rings is 1. The molecule has 15 heavy (non-hydrogen) atoms. The van der Waals surface area contributed by atoms with Gasteiger partial charge in [0.2, 0.25) is 0 Å². The number of carbonyl (C=O) groups is 2. The quantitative estimate of drug-likeness (QED) is 0.686. The number of anilines is 1. The van der Waals surface area contributed by atoms with E-state index in [1.165, 1.54) is 4.90 Å². The van der Waals surface area contributed by atoms with Gasteiger partial charge in [0.15, 0.2) is 0 Å². The molecule has 1 aliphatic heterocycles. The molecule has 0 fully saturated rings. The third kappa shape index (κ3) is 1.63. The van der Waals surface area contributed by atoms with Crippen LogP contribution in [0.25, 0.3) is 0 Å². The fourth-order valence-electron chi connectivity index (χ4n) is 1.72. The summed E-state index contributed by atoms with van der Waals surface area (Å²) in [5.74, 6) is -0.810. The summed E-state index contributed by atoms with van der Waals surface area (Å²) in [7, 11) is 0. The zero-order valence-electron chi connectivity index (χ0n) is 8.56. The number of nitrogens with zero attached hydrogens (tertiary/aromatic N) is 1. The van der Waals surface area contributed by atoms with Crippen molar-refractivity contribution in [3.63, 3.8) is 0 Å². The van der Waals surface area contributed by atoms with Crippen molar-refractivity contribution in [1.82, 2.24) is 0 Å². The summed E-state index contributed by atoms with van der Waals surface area (Å²) >= 11 is 0. The second-order valence-electron chi connectivity index (χ2n) is 3.62. The van der Waals surface area contributed by atoms with Crippen LogP contribution in [0.2, 0.25) is 0 Å². The van der Waals surface area contributed by atoms with Gasteiger partial charge in [-0.05, 0) is 26.0 Å². The van der Waals surface area contributed by atoms with Crippen LogP contribution in [0.5, 0.6) is 0 Å². The molecule has 80 valence electrons. The van der Waals surface area contributed by atoms with E-state index in [1.54, 1.807) is 18.2 Å². The Hall–Kier alpha value is -1.35. The summed E-state index contributed by atoms with van der Waals surface area (Å²) in [5, 5.41) is 0. The first-order valence-corrected chi connectivity index (χ1v) is 4.60. The molecule has 1 amide bonds. The number of fused-ring (bicyclic) bond motifs is 1. The molecule has 0 atom stereocenters. The van der Waals surface area contributed by atoms with E-state index in [9.17, 15) is 9.59 Å². The van der Waals surface area contributed by atoms with Crippen molar-refractivity contribution in [1.29, 1.82) is 0 Å². The first-order chi connectivity index (χ1) is 6.63. The van der Waals surface area contributed by atoms with Gasteiger partial charge in [-0.15, -0.1) is 12.4 Å². The molecule has 1 aliphatic rings. The average Bonchev–Trinajstić information content (AvgIpc) is 2.41. The van der Waals surface area contributed by atoms with Gasteiger partial charge in [0.25, 0.3) is 11.7 Å². The first-order valence-electron chi connectivity index (χ1n) is 4.60. The first kappa shape index (κ1) is 11.7. The lowest BCUT2D eigenvalue weighted by atomic mass is 10.1. The molecular weight excluding hydrogens is 214 g/mol. The second-order valence-corrected chi connectivity index (χ2v) is 3.62. The van der Waals surface area contributed by atoms with Crippen molar-refractivity contribution in [3.05, 3.63) is 29.8 Å². The molecule has 3 nitrogen and oxygen atoms in total. The van der Waals surface area contributed by atoms with E-state index in [1.807, 2.05) is 19.9 Å². The van der Waals surface area contributed by atoms with E-state index in [2.05, 4.69) is 0 Å². The van der Waals surface area contributed by atoms with E-state index in [0.29, 0.717) is 5.56 Å². The predicted molar refractivity (Wildman–Crippen MR) is 60.6 cm³/mol. The van der Waals surface area contributed by atoms with Gasteiger partial charge >= 0.3 is 0 Å². The van der Waals surface area contributed by atoms with E-state index in [0.717, 1.165) is 5.69 Å². The minimum Gasteiger partial charge on any atom is -0.302 e. The summed E-state index contributed by atoms with van der Waals surface area (Å²) in [4.78, 5) is 24.6. The fraction of sp³-hybridized carbons (Fsp3) is 0.273. The second kappa shape index (κ2) is 4.03. The van der Waals surface area contributed by atoms with E-state index in [4.69, 9.17) is 0 Å². The lowest BCUT2D eigenvalue weighted by molar-refractivity contribution is -0.114. The molecule has 0 aliphatic carbocycles. The van der Waals surface area contributed by atoms with Crippen LogP contribution in [0.3, 0.4) is 0 Å². The Labute approximate surface area is 94.5 Å². The van der Waals surface area contributed by atoms with Crippen molar-refractivity contribution in [3.8, 4) is 0 Å². The number of Topliss-reactive ketones (excluding diaryl/α,β-unsaturated/α-hetero) is 1. The van der Waals surface area contributed by atoms with E-state index < -0.39 is 11.7 Å². The molecule has 0 bridgehead atoms. The van der Waals surface area contributed by atoms with Crippen LogP contribution in [0.15, 0.2) is 24.3 Å². The summed E-state index contributed by atoms with van der Waals surface area (Å²) in [6.45, 7) is 3.79. The number of halogens is 1. The highest BCUT2D eigenvalue weighted by Crippen LogP contribution is 2.29. The molecule has 0 saturated carbocycles. The van der Waals surface area contributed by atoms with Gasteiger partial charge in [0, 0.05) is 6.04 Å². The van der Waals surface area contributed by atoms with Crippen molar-refractivity contribution < 1.29 is 9.59 Å². The Bertz CT molecular complexity index is 415. The number of para-hydroxylation sites is 1. The Morgan fingerprint density at radius 3 is 2.33 bits per heavy atom. The van der Waals surface area contributed by atoms with Crippen molar-refractivity contribution in [2.45, 2.75) is 19.9 Å². The number of rotatable bonds is 1. The molecule has 0 radical (unpaired) electrons. The summed E-state index contributed by atoms with van der Waals surface area (Å²) in [6.07, 6.45) is 0. The van der Waals surface area contributed by atoms with Crippen LogP contribution in [-0.4, -0.2) is 17.7 Å². The summed E-state index contributed by atoms with van der Waals surface area (Å²) in [5.41, 5.74) is 1.25. The van der Waals surface area contributed by atoms with Crippen LogP contribution in [-0.2, 0) is 4.79 Å². The number of hydrogen-bond donors (Lipinski definition) is 0. The minimum atomic E-state index is -0.416. The predicted octanol–water partition coefficient (Wildman–Crippen LogP) is 2.05. The molecule has 0 spiro atoms. The van der Waals surface area contributed by atoms with Crippen molar-refractivity contribution >= 4 is 29.8 Å². The van der Waals surface area contributed by atoms with Crippen LogP contribution >= 0.6 is 12.4 Å². The van der Waals surface area contributed by atoms with Gasteiger partial charge < -0.3 is 4.90 Å². The maximum absolute atomic E-state index is 11.6. The third-order valence-electron chi connectivity index (χ3n) is 2.34. The van der Waals surface area contributed by atoms with Gasteiger partial charge in [-0.3, -0.25) is 9.59 Å².